The van der Waals surface area contributed by atoms with Gasteiger partial charge in [-0.05, 0) is 97.4 Å². The van der Waals surface area contributed by atoms with Crippen molar-refractivity contribution in [2.75, 3.05) is 6.61 Å². The normalized spacial score (nSPS) is 11.1. The van der Waals surface area contributed by atoms with E-state index in [1.807, 2.05) is 39.0 Å². The highest BCUT2D eigenvalue weighted by Gasteiger charge is 2.12. The molecule has 0 saturated heterocycles. The molecule has 6 nitrogen and oxygen atoms in total. The molecule has 0 saturated carbocycles. The lowest BCUT2D eigenvalue weighted by atomic mass is 10.2. The molecule has 0 aliphatic carbocycles. The summed E-state index contributed by atoms with van der Waals surface area (Å²) in [7, 11) is 0. The van der Waals surface area contributed by atoms with Crippen LogP contribution in [-0.2, 0) is 6.61 Å². The van der Waals surface area contributed by atoms with E-state index in [1.165, 1.54) is 0 Å². The van der Waals surface area contributed by atoms with Gasteiger partial charge >= 0.3 is 0 Å². The number of aromatic nitrogens is 1. The van der Waals surface area contributed by atoms with Gasteiger partial charge in [0.15, 0.2) is 11.5 Å². The lowest BCUT2D eigenvalue weighted by Crippen LogP contribution is -2.17. The number of amides is 1. The maximum atomic E-state index is 12.6. The number of benzene rings is 3. The van der Waals surface area contributed by atoms with Crippen LogP contribution in [0.1, 0.15) is 39.8 Å². The average molecular weight is 615 g/mol. The molecule has 0 bridgehead atoms. The van der Waals surface area contributed by atoms with Gasteiger partial charge in [0.05, 0.1) is 12.8 Å². The van der Waals surface area contributed by atoms with Crippen LogP contribution in [0.4, 0.5) is 0 Å². The highest BCUT2D eigenvalue weighted by atomic mass is 79.9. The molecule has 3 aromatic carbocycles. The summed E-state index contributed by atoms with van der Waals surface area (Å²) in [6, 6.07) is 20.4. The van der Waals surface area contributed by atoms with Crippen LogP contribution in [0.3, 0.4) is 0 Å². The quantitative estimate of drug-likeness (QED) is 0.154. The molecule has 0 aliphatic rings. The largest absolute Gasteiger partial charge is 0.490 e. The van der Waals surface area contributed by atoms with Gasteiger partial charge in [-0.1, -0.05) is 29.3 Å². The lowest BCUT2D eigenvalue weighted by Gasteiger charge is -2.14. The molecular formula is C29H26BrCl2N3O3. The fourth-order valence-corrected chi connectivity index (χ4v) is 4.78. The van der Waals surface area contributed by atoms with E-state index in [9.17, 15) is 4.79 Å². The number of nitrogens with one attached hydrogen (secondary N) is 1. The highest BCUT2D eigenvalue weighted by molar-refractivity contribution is 9.10. The number of hydrazone groups is 1. The van der Waals surface area contributed by atoms with Crippen molar-refractivity contribution in [3.05, 3.63) is 109 Å². The maximum Gasteiger partial charge on any atom is 0.271 e. The van der Waals surface area contributed by atoms with Gasteiger partial charge in [0.2, 0.25) is 0 Å². The summed E-state index contributed by atoms with van der Waals surface area (Å²) in [6.07, 6.45) is 1.55. The number of hydrogen-bond acceptors (Lipinski definition) is 4. The van der Waals surface area contributed by atoms with Gasteiger partial charge in [0.1, 0.15) is 6.61 Å². The molecular weight excluding hydrogens is 589 g/mol. The van der Waals surface area contributed by atoms with E-state index < -0.39 is 0 Å². The molecule has 0 aliphatic heterocycles. The first-order valence-electron chi connectivity index (χ1n) is 11.9. The standard InChI is InChI=1S/C29H26BrCl2N3O3/c1-4-37-27-13-22(25(30)15-28(27)38-17-21-7-10-23(31)14-26(21)32)16-33-34-29(36)20-8-11-24(12-9-20)35-18(2)5-6-19(35)3/h5-16H,4,17H2,1-3H3,(H,34,36)/b33-16-. The first-order chi connectivity index (χ1) is 18.3. The molecule has 1 aromatic heterocycles. The SMILES string of the molecule is CCOc1cc(/C=N\NC(=O)c2ccc(-n3c(C)ccc3C)cc2)c(Br)cc1OCc1ccc(Cl)cc1Cl. The van der Waals surface area contributed by atoms with E-state index in [-0.39, 0.29) is 12.5 Å². The number of nitrogens with zero attached hydrogens (tertiary/aromatic N) is 2. The number of halogens is 3. The van der Waals surface area contributed by atoms with Crippen molar-refractivity contribution in [1.82, 2.24) is 9.99 Å². The summed E-state index contributed by atoms with van der Waals surface area (Å²) in [5.41, 5.74) is 7.86. The van der Waals surface area contributed by atoms with Crippen molar-refractivity contribution in [3.63, 3.8) is 0 Å². The van der Waals surface area contributed by atoms with Crippen LogP contribution in [0.5, 0.6) is 11.5 Å². The zero-order chi connectivity index (χ0) is 27.2. The van der Waals surface area contributed by atoms with E-state index in [4.69, 9.17) is 32.7 Å². The van der Waals surface area contributed by atoms with E-state index in [1.54, 1.807) is 42.6 Å². The monoisotopic (exact) mass is 613 g/mol. The number of carbonyl (C=O) groups is 1. The second-order valence-electron chi connectivity index (χ2n) is 8.48. The Morgan fingerprint density at radius 3 is 2.32 bits per heavy atom. The predicted molar refractivity (Wildman–Crippen MR) is 156 cm³/mol. The Morgan fingerprint density at radius 1 is 0.974 bits per heavy atom. The van der Waals surface area contributed by atoms with Gasteiger partial charge in [0.25, 0.3) is 5.91 Å². The molecule has 0 atom stereocenters. The maximum absolute atomic E-state index is 12.6. The van der Waals surface area contributed by atoms with Gasteiger partial charge < -0.3 is 14.0 Å². The molecule has 0 unspecified atom stereocenters. The van der Waals surface area contributed by atoms with E-state index in [0.717, 1.165) is 27.1 Å². The zero-order valence-corrected chi connectivity index (χ0v) is 24.2. The first-order valence-corrected chi connectivity index (χ1v) is 13.4. The van der Waals surface area contributed by atoms with Crippen molar-refractivity contribution in [2.45, 2.75) is 27.4 Å². The Hall–Kier alpha value is -3.26. The summed E-state index contributed by atoms with van der Waals surface area (Å²) in [6.45, 7) is 6.68. The van der Waals surface area contributed by atoms with Crippen LogP contribution >= 0.6 is 39.1 Å². The Kier molecular flexibility index (Phi) is 9.15. The Bertz CT molecular complexity index is 1460. The van der Waals surface area contributed by atoms with Gasteiger partial charge in [-0.2, -0.15) is 5.10 Å². The van der Waals surface area contributed by atoms with Crippen molar-refractivity contribution in [3.8, 4) is 17.2 Å². The van der Waals surface area contributed by atoms with Crippen molar-refractivity contribution in [1.29, 1.82) is 0 Å². The summed E-state index contributed by atoms with van der Waals surface area (Å²) >= 11 is 15.8. The molecule has 9 heteroatoms. The predicted octanol–water partition coefficient (Wildman–Crippen LogP) is 7.91. The minimum absolute atomic E-state index is 0.244. The fourth-order valence-electron chi connectivity index (χ4n) is 3.89. The van der Waals surface area contributed by atoms with Gasteiger partial charge in [-0.15, -0.1) is 0 Å². The molecule has 0 fully saturated rings. The van der Waals surface area contributed by atoms with Gasteiger partial charge in [-0.3, -0.25) is 4.79 Å². The van der Waals surface area contributed by atoms with Crippen molar-refractivity contribution >= 4 is 51.3 Å². The Balaban J connectivity index is 1.44. The summed E-state index contributed by atoms with van der Waals surface area (Å²) < 4.78 is 14.6. The first kappa shape index (κ1) is 27.8. The van der Waals surface area contributed by atoms with Gasteiger partial charge in [0, 0.05) is 48.3 Å². The second kappa shape index (κ2) is 12.5. The van der Waals surface area contributed by atoms with E-state index >= 15 is 0 Å². The molecule has 1 N–H and O–H groups in total. The summed E-state index contributed by atoms with van der Waals surface area (Å²) in [5.74, 6) is 0.772. The lowest BCUT2D eigenvalue weighted by molar-refractivity contribution is 0.0955. The number of hydrogen-bond donors (Lipinski definition) is 1. The average Bonchev–Trinajstić information content (AvgIpc) is 3.23. The van der Waals surface area contributed by atoms with E-state index in [0.29, 0.717) is 39.3 Å². The number of ether oxygens (including phenoxy) is 2. The third-order valence-corrected chi connectivity index (χ3v) is 7.06. The molecule has 196 valence electrons. The smallest absolute Gasteiger partial charge is 0.271 e. The summed E-state index contributed by atoms with van der Waals surface area (Å²) in [5, 5.41) is 5.23. The molecule has 0 spiro atoms. The summed E-state index contributed by atoms with van der Waals surface area (Å²) in [4.78, 5) is 12.6. The van der Waals surface area contributed by atoms with Crippen molar-refractivity contribution in [2.24, 2.45) is 5.10 Å². The topological polar surface area (TPSA) is 64.8 Å². The molecule has 0 radical (unpaired) electrons. The van der Waals surface area contributed by atoms with Crippen LogP contribution in [0.25, 0.3) is 5.69 Å². The van der Waals surface area contributed by atoms with Crippen LogP contribution in [-0.4, -0.2) is 23.3 Å². The molecule has 1 heterocycles. The Labute approximate surface area is 240 Å². The van der Waals surface area contributed by atoms with Gasteiger partial charge in [-0.25, -0.2) is 5.43 Å². The highest BCUT2D eigenvalue weighted by Crippen LogP contribution is 2.34. The third kappa shape index (κ3) is 6.59. The minimum Gasteiger partial charge on any atom is -0.490 e. The molecule has 4 rings (SSSR count). The number of carbonyl (C=O) groups excluding carboxylic acids is 1. The third-order valence-electron chi connectivity index (χ3n) is 5.79. The number of aryl methyl sites for hydroxylation is 2. The molecule has 38 heavy (non-hydrogen) atoms. The molecule has 1 amide bonds. The number of rotatable bonds is 9. The van der Waals surface area contributed by atoms with Crippen LogP contribution in [0.15, 0.2) is 76.3 Å². The van der Waals surface area contributed by atoms with E-state index in [2.05, 4.69) is 43.2 Å². The second-order valence-corrected chi connectivity index (χ2v) is 10.2. The fraction of sp³-hybridized carbons (Fsp3) is 0.172. The zero-order valence-electron chi connectivity index (χ0n) is 21.1. The van der Waals surface area contributed by atoms with Crippen LogP contribution < -0.4 is 14.9 Å². The van der Waals surface area contributed by atoms with Crippen LogP contribution in [0, 0.1) is 13.8 Å². The van der Waals surface area contributed by atoms with Crippen molar-refractivity contribution < 1.29 is 14.3 Å². The van der Waals surface area contributed by atoms with Crippen LogP contribution in [0.2, 0.25) is 10.0 Å². The minimum atomic E-state index is -0.310. The Morgan fingerprint density at radius 2 is 1.66 bits per heavy atom. The molecule has 4 aromatic rings.